The molecular formula is C32H38N6O2. The number of benzene rings is 2. The predicted molar refractivity (Wildman–Crippen MR) is 165 cm³/mol. The molecule has 1 heterocycles. The van der Waals surface area contributed by atoms with Crippen LogP contribution in [0.2, 0.25) is 0 Å². The lowest BCUT2D eigenvalue weighted by Gasteiger charge is -2.10. The average Bonchev–Trinajstić information content (AvgIpc) is 3.34. The molecule has 0 radical (unpaired) electrons. The molecule has 0 saturated heterocycles. The van der Waals surface area contributed by atoms with Gasteiger partial charge in [0.15, 0.2) is 0 Å². The normalized spacial score (nSPS) is 11.7. The number of hydrogen-bond acceptors (Lipinski definition) is 4. The third-order valence-electron chi connectivity index (χ3n) is 5.88. The minimum Gasteiger partial charge on any atom is -0.481 e. The van der Waals surface area contributed by atoms with Crippen molar-refractivity contribution in [2.24, 2.45) is 9.98 Å². The van der Waals surface area contributed by atoms with Crippen molar-refractivity contribution < 1.29 is 9.90 Å². The molecule has 8 heteroatoms. The maximum absolute atomic E-state index is 10.9. The van der Waals surface area contributed by atoms with E-state index in [1.54, 1.807) is 12.4 Å². The van der Waals surface area contributed by atoms with Gasteiger partial charge in [0, 0.05) is 35.0 Å². The van der Waals surface area contributed by atoms with Crippen molar-refractivity contribution in [1.82, 2.24) is 20.4 Å². The Labute approximate surface area is 236 Å². The molecule has 0 saturated carbocycles. The summed E-state index contributed by atoms with van der Waals surface area (Å²) in [4.78, 5) is 20.1. The van der Waals surface area contributed by atoms with Gasteiger partial charge in [0.2, 0.25) is 5.96 Å². The maximum Gasteiger partial charge on any atom is 0.303 e. The first-order valence-corrected chi connectivity index (χ1v) is 13.5. The van der Waals surface area contributed by atoms with Crippen LogP contribution in [-0.2, 0) is 11.5 Å². The van der Waals surface area contributed by atoms with Crippen molar-refractivity contribution in [3.63, 3.8) is 0 Å². The predicted octanol–water partition coefficient (Wildman–Crippen LogP) is 6.51. The van der Waals surface area contributed by atoms with Gasteiger partial charge in [-0.3, -0.25) is 4.79 Å². The van der Waals surface area contributed by atoms with E-state index in [0.717, 1.165) is 47.3 Å². The zero-order chi connectivity index (χ0) is 28.6. The molecule has 0 atom stereocenters. The highest BCUT2D eigenvalue weighted by Gasteiger charge is 2.19. The summed E-state index contributed by atoms with van der Waals surface area (Å²) in [6.45, 7) is 10.5. The molecule has 0 aliphatic carbocycles. The summed E-state index contributed by atoms with van der Waals surface area (Å²) in [7, 11) is 0. The molecule has 0 unspecified atom stereocenters. The summed E-state index contributed by atoms with van der Waals surface area (Å²) in [5, 5.41) is 20.2. The van der Waals surface area contributed by atoms with E-state index >= 15 is 0 Å². The Morgan fingerprint density at radius 3 is 2.42 bits per heavy atom. The number of carboxylic acid groups (broad SMARTS) is 1. The fourth-order valence-corrected chi connectivity index (χ4v) is 4.01. The van der Waals surface area contributed by atoms with Crippen LogP contribution in [0.25, 0.3) is 28.6 Å². The van der Waals surface area contributed by atoms with Gasteiger partial charge >= 0.3 is 5.97 Å². The van der Waals surface area contributed by atoms with Crippen molar-refractivity contribution in [2.75, 3.05) is 6.54 Å². The van der Waals surface area contributed by atoms with Gasteiger partial charge in [-0.15, -0.1) is 0 Å². The Morgan fingerprint density at radius 2 is 1.77 bits per heavy atom. The third kappa shape index (κ3) is 9.23. The van der Waals surface area contributed by atoms with E-state index in [0.29, 0.717) is 24.6 Å². The van der Waals surface area contributed by atoms with Crippen LogP contribution in [0, 0.1) is 0 Å². The van der Waals surface area contributed by atoms with Crippen molar-refractivity contribution >= 4 is 24.2 Å². The van der Waals surface area contributed by atoms with Crippen molar-refractivity contribution in [1.29, 1.82) is 0 Å². The largest absolute Gasteiger partial charge is 0.481 e. The third-order valence-corrected chi connectivity index (χ3v) is 5.88. The molecule has 40 heavy (non-hydrogen) atoms. The van der Waals surface area contributed by atoms with Gasteiger partial charge in [-0.25, -0.2) is 14.7 Å². The van der Waals surface area contributed by atoms with E-state index in [-0.39, 0.29) is 13.1 Å². The minimum absolute atomic E-state index is 0.182. The summed E-state index contributed by atoms with van der Waals surface area (Å²) in [6, 6.07) is 20.2. The van der Waals surface area contributed by atoms with Crippen LogP contribution in [0.4, 0.5) is 0 Å². The molecule has 0 spiro atoms. The smallest absolute Gasteiger partial charge is 0.303 e. The van der Waals surface area contributed by atoms with Crippen LogP contribution in [0.1, 0.15) is 44.6 Å². The molecule has 3 N–H and O–H groups in total. The van der Waals surface area contributed by atoms with E-state index in [1.807, 2.05) is 60.1 Å². The molecule has 0 aliphatic heterocycles. The van der Waals surface area contributed by atoms with Gasteiger partial charge in [-0.1, -0.05) is 92.9 Å². The number of aliphatic carboxylic acids is 1. The topological polar surface area (TPSA) is 104 Å². The first kappa shape index (κ1) is 29.8. The van der Waals surface area contributed by atoms with Crippen LogP contribution in [0.15, 0.2) is 102 Å². The fraction of sp³-hybridized carbons (Fsp3) is 0.250. The monoisotopic (exact) mass is 538 g/mol. The lowest BCUT2D eigenvalue weighted by molar-refractivity contribution is -0.137. The number of rotatable bonds is 15. The molecule has 3 aromatic rings. The summed E-state index contributed by atoms with van der Waals surface area (Å²) >= 11 is 0. The van der Waals surface area contributed by atoms with Crippen molar-refractivity contribution in [3.05, 3.63) is 97.4 Å². The molecule has 8 nitrogen and oxygen atoms in total. The molecule has 2 aromatic carbocycles. The molecule has 1 aromatic heterocycles. The lowest BCUT2D eigenvalue weighted by atomic mass is 10.0. The molecular weight excluding hydrogens is 500 g/mol. The minimum atomic E-state index is -0.763. The van der Waals surface area contributed by atoms with E-state index < -0.39 is 5.97 Å². The van der Waals surface area contributed by atoms with Crippen LogP contribution >= 0.6 is 0 Å². The highest BCUT2D eigenvalue weighted by atomic mass is 16.4. The number of aromatic nitrogens is 2. The van der Waals surface area contributed by atoms with Gasteiger partial charge in [0.25, 0.3) is 0 Å². The van der Waals surface area contributed by atoms with Gasteiger partial charge in [-0.05, 0) is 31.9 Å². The number of guanidine groups is 1. The highest BCUT2D eigenvalue weighted by molar-refractivity contribution is 5.89. The Balaban J connectivity index is 2.04. The second-order valence-corrected chi connectivity index (χ2v) is 9.04. The molecule has 0 bridgehead atoms. The number of nitrogens with zero attached hydrogens (tertiary/aromatic N) is 4. The zero-order valence-corrected chi connectivity index (χ0v) is 23.1. The molecule has 208 valence electrons. The van der Waals surface area contributed by atoms with E-state index in [9.17, 15) is 4.79 Å². The van der Waals surface area contributed by atoms with E-state index in [4.69, 9.17) is 15.2 Å². The van der Waals surface area contributed by atoms with Gasteiger partial charge in [0.05, 0.1) is 12.2 Å². The van der Waals surface area contributed by atoms with Gasteiger partial charge < -0.3 is 15.7 Å². The van der Waals surface area contributed by atoms with Crippen LogP contribution in [0.5, 0.6) is 0 Å². The summed E-state index contributed by atoms with van der Waals surface area (Å²) in [5.74, 6) is -0.315. The number of allylic oxidation sites excluding steroid dienone is 1. The van der Waals surface area contributed by atoms with Crippen molar-refractivity contribution in [2.45, 2.75) is 45.7 Å². The molecule has 0 fully saturated rings. The van der Waals surface area contributed by atoms with Gasteiger partial charge in [-0.2, -0.15) is 5.10 Å². The molecule has 0 amide bonds. The maximum atomic E-state index is 10.9. The fourth-order valence-electron chi connectivity index (χ4n) is 4.01. The quantitative estimate of drug-likeness (QED) is 0.116. The van der Waals surface area contributed by atoms with E-state index in [2.05, 4.69) is 53.1 Å². The standard InChI is InChI=1S/C32H38N6O2/c1-4-22-34-32(36-25(3)23-33-5-2)35-24-38-31(27-18-12-9-13-19-27)28(20-14-6-7-15-21-29(39)40)30(37-38)26-16-10-8-11-17-26/h5,8-14,16-20,22,33H,2-4,6-7,15,21,23-24H2,1H3,(H,35,36)(H,39,40)/b20-14+,34-22-. The Morgan fingerprint density at radius 1 is 1.07 bits per heavy atom. The van der Waals surface area contributed by atoms with Gasteiger partial charge in [0.1, 0.15) is 12.4 Å². The first-order chi connectivity index (χ1) is 19.5. The van der Waals surface area contributed by atoms with E-state index in [1.165, 1.54) is 0 Å². The SMILES string of the molecule is C=CNCC(=C)NC(/N=C\CC)=N/Cn1nc(-c2ccccc2)c(/C=C/CCCCC(=O)O)c1-c1ccccc1. The van der Waals surface area contributed by atoms with Crippen LogP contribution in [-0.4, -0.2) is 39.6 Å². The van der Waals surface area contributed by atoms with Crippen molar-refractivity contribution in [3.8, 4) is 22.5 Å². The summed E-state index contributed by atoms with van der Waals surface area (Å²) in [6.07, 6.45) is 10.8. The summed E-state index contributed by atoms with van der Waals surface area (Å²) < 4.78 is 1.90. The Kier molecular flexibility index (Phi) is 12.1. The number of carboxylic acids is 1. The average molecular weight is 539 g/mol. The number of hydrogen-bond donors (Lipinski definition) is 3. The Bertz CT molecular complexity index is 1340. The second-order valence-electron chi connectivity index (χ2n) is 9.04. The molecule has 3 rings (SSSR count). The first-order valence-electron chi connectivity index (χ1n) is 13.5. The number of aliphatic imine (C=N–C) groups is 2. The zero-order valence-electron chi connectivity index (χ0n) is 23.1. The lowest BCUT2D eigenvalue weighted by Crippen LogP contribution is -2.27. The highest BCUT2D eigenvalue weighted by Crippen LogP contribution is 2.33. The second kappa shape index (κ2) is 16.3. The van der Waals surface area contributed by atoms with Crippen LogP contribution in [0.3, 0.4) is 0 Å². The summed E-state index contributed by atoms with van der Waals surface area (Å²) in [5.41, 5.74) is 5.51. The number of carbonyl (C=O) groups is 1. The Hall–Kier alpha value is -4.72. The number of unbranched alkanes of at least 4 members (excludes halogenated alkanes) is 2. The molecule has 0 aliphatic rings. The van der Waals surface area contributed by atoms with Crippen LogP contribution < -0.4 is 10.6 Å². The number of nitrogens with one attached hydrogen (secondary N) is 2.